The molecule has 0 saturated carbocycles. The minimum atomic E-state index is -0.126. The highest BCUT2D eigenvalue weighted by atomic mass is 16.1. The standard InChI is InChI=1S/C14H17N3O/c1-8(2)13-12(15)6-11(14(18)17-13)10-5-4-9(3)16-7-10/h4-8H,15H2,1-3H3,(H,17,18). The smallest absolute Gasteiger partial charge is 0.256 e. The second-order valence-corrected chi connectivity index (χ2v) is 4.72. The molecule has 0 bridgehead atoms. The predicted molar refractivity (Wildman–Crippen MR) is 73.5 cm³/mol. The van der Waals surface area contributed by atoms with E-state index in [1.54, 1.807) is 12.3 Å². The molecule has 18 heavy (non-hydrogen) atoms. The van der Waals surface area contributed by atoms with Crippen LogP contribution in [-0.4, -0.2) is 9.97 Å². The lowest BCUT2D eigenvalue weighted by Crippen LogP contribution is -2.15. The Labute approximate surface area is 106 Å². The summed E-state index contributed by atoms with van der Waals surface area (Å²) in [4.78, 5) is 19.1. The third-order valence-electron chi connectivity index (χ3n) is 2.90. The molecule has 0 atom stereocenters. The molecule has 2 aromatic rings. The molecule has 0 saturated heterocycles. The molecule has 0 aromatic carbocycles. The molecule has 0 unspecified atom stereocenters. The number of anilines is 1. The minimum Gasteiger partial charge on any atom is -0.397 e. The molecule has 0 aliphatic carbocycles. The Hall–Kier alpha value is -2.10. The van der Waals surface area contributed by atoms with E-state index in [0.717, 1.165) is 17.0 Å². The molecule has 0 radical (unpaired) electrons. The molecular formula is C14H17N3O. The predicted octanol–water partition coefficient (Wildman–Crippen LogP) is 2.45. The van der Waals surface area contributed by atoms with Crippen LogP contribution >= 0.6 is 0 Å². The number of aromatic nitrogens is 2. The fourth-order valence-electron chi connectivity index (χ4n) is 1.88. The first-order valence-electron chi connectivity index (χ1n) is 5.94. The van der Waals surface area contributed by atoms with Gasteiger partial charge in [-0.3, -0.25) is 9.78 Å². The fourth-order valence-corrected chi connectivity index (χ4v) is 1.88. The van der Waals surface area contributed by atoms with Crippen LogP contribution in [0.25, 0.3) is 11.1 Å². The summed E-state index contributed by atoms with van der Waals surface area (Å²) in [5.41, 5.74) is 9.49. The summed E-state index contributed by atoms with van der Waals surface area (Å²) in [6.07, 6.45) is 1.69. The lowest BCUT2D eigenvalue weighted by molar-refractivity contribution is 0.820. The first kappa shape index (κ1) is 12.4. The minimum absolute atomic E-state index is 0.126. The zero-order valence-electron chi connectivity index (χ0n) is 10.8. The van der Waals surface area contributed by atoms with Gasteiger partial charge in [0.05, 0.1) is 11.3 Å². The average Bonchev–Trinajstić information content (AvgIpc) is 2.32. The first-order chi connectivity index (χ1) is 8.49. The van der Waals surface area contributed by atoms with Crippen molar-refractivity contribution in [3.63, 3.8) is 0 Å². The molecule has 0 spiro atoms. The molecular weight excluding hydrogens is 226 g/mol. The van der Waals surface area contributed by atoms with Gasteiger partial charge in [0.1, 0.15) is 0 Å². The van der Waals surface area contributed by atoms with Crippen molar-refractivity contribution in [2.75, 3.05) is 5.73 Å². The van der Waals surface area contributed by atoms with E-state index < -0.39 is 0 Å². The van der Waals surface area contributed by atoms with Gasteiger partial charge >= 0.3 is 0 Å². The van der Waals surface area contributed by atoms with Gasteiger partial charge in [0.2, 0.25) is 0 Å². The maximum Gasteiger partial charge on any atom is 0.256 e. The van der Waals surface area contributed by atoms with Crippen LogP contribution in [0, 0.1) is 6.92 Å². The van der Waals surface area contributed by atoms with Crippen LogP contribution in [0.3, 0.4) is 0 Å². The van der Waals surface area contributed by atoms with Gasteiger partial charge in [-0.05, 0) is 25.0 Å². The average molecular weight is 243 g/mol. The van der Waals surface area contributed by atoms with Crippen molar-refractivity contribution in [1.82, 2.24) is 9.97 Å². The van der Waals surface area contributed by atoms with Crippen LogP contribution in [0.4, 0.5) is 5.69 Å². The van der Waals surface area contributed by atoms with Crippen molar-refractivity contribution in [2.45, 2.75) is 26.7 Å². The molecule has 94 valence electrons. The second-order valence-electron chi connectivity index (χ2n) is 4.72. The number of rotatable bonds is 2. The van der Waals surface area contributed by atoms with Gasteiger partial charge in [-0.15, -0.1) is 0 Å². The summed E-state index contributed by atoms with van der Waals surface area (Å²) in [5.74, 6) is 0.197. The molecule has 0 aliphatic heterocycles. The van der Waals surface area contributed by atoms with E-state index in [0.29, 0.717) is 11.3 Å². The molecule has 0 aliphatic rings. The van der Waals surface area contributed by atoms with Gasteiger partial charge in [0, 0.05) is 23.1 Å². The number of nitrogen functional groups attached to an aromatic ring is 1. The van der Waals surface area contributed by atoms with E-state index >= 15 is 0 Å². The zero-order valence-corrected chi connectivity index (χ0v) is 10.8. The SMILES string of the molecule is Cc1ccc(-c2cc(N)c(C(C)C)[nH]c2=O)cn1. The highest BCUT2D eigenvalue weighted by Crippen LogP contribution is 2.22. The van der Waals surface area contributed by atoms with E-state index in [1.165, 1.54) is 0 Å². The van der Waals surface area contributed by atoms with Gasteiger partial charge in [0.25, 0.3) is 5.56 Å². The normalized spacial score (nSPS) is 10.9. The number of nitrogens with two attached hydrogens (primary N) is 1. The highest BCUT2D eigenvalue weighted by Gasteiger charge is 2.10. The largest absolute Gasteiger partial charge is 0.397 e. The molecule has 2 rings (SSSR count). The van der Waals surface area contributed by atoms with Gasteiger partial charge in [-0.1, -0.05) is 19.9 Å². The lowest BCUT2D eigenvalue weighted by atomic mass is 10.0. The number of nitrogens with zero attached hydrogens (tertiary/aromatic N) is 1. The highest BCUT2D eigenvalue weighted by molar-refractivity contribution is 5.66. The number of nitrogens with one attached hydrogen (secondary N) is 1. The third kappa shape index (κ3) is 2.27. The topological polar surface area (TPSA) is 71.8 Å². The Morgan fingerprint density at radius 3 is 2.61 bits per heavy atom. The van der Waals surface area contributed by atoms with Crippen LogP contribution < -0.4 is 11.3 Å². The van der Waals surface area contributed by atoms with Crippen LogP contribution in [0.2, 0.25) is 0 Å². The Balaban J connectivity index is 2.56. The van der Waals surface area contributed by atoms with Gasteiger partial charge < -0.3 is 10.7 Å². The molecule has 2 heterocycles. The van der Waals surface area contributed by atoms with Crippen molar-refractivity contribution in [2.24, 2.45) is 0 Å². The Bertz CT molecular complexity index is 612. The second kappa shape index (κ2) is 4.64. The Kier molecular flexibility index (Phi) is 3.19. The summed E-state index contributed by atoms with van der Waals surface area (Å²) >= 11 is 0. The number of pyridine rings is 2. The van der Waals surface area contributed by atoms with Crippen LogP contribution in [0.5, 0.6) is 0 Å². The summed E-state index contributed by atoms with van der Waals surface area (Å²) in [5, 5.41) is 0. The van der Waals surface area contributed by atoms with Crippen molar-refractivity contribution >= 4 is 5.69 Å². The number of aromatic amines is 1. The Morgan fingerprint density at radius 2 is 2.06 bits per heavy atom. The van der Waals surface area contributed by atoms with Crippen molar-refractivity contribution in [1.29, 1.82) is 0 Å². The monoisotopic (exact) mass is 243 g/mol. The van der Waals surface area contributed by atoms with E-state index in [9.17, 15) is 4.79 Å². The Morgan fingerprint density at radius 1 is 1.33 bits per heavy atom. The number of hydrogen-bond donors (Lipinski definition) is 2. The van der Waals surface area contributed by atoms with Crippen LogP contribution in [0.1, 0.15) is 31.2 Å². The molecule has 4 nitrogen and oxygen atoms in total. The zero-order chi connectivity index (χ0) is 13.3. The lowest BCUT2D eigenvalue weighted by Gasteiger charge is -2.10. The number of hydrogen-bond acceptors (Lipinski definition) is 3. The van der Waals surface area contributed by atoms with Crippen molar-refractivity contribution in [3.8, 4) is 11.1 Å². The summed E-state index contributed by atoms with van der Waals surface area (Å²) in [6, 6.07) is 5.48. The van der Waals surface area contributed by atoms with E-state index in [-0.39, 0.29) is 11.5 Å². The fraction of sp³-hybridized carbons (Fsp3) is 0.286. The maximum absolute atomic E-state index is 12.0. The van der Waals surface area contributed by atoms with Gasteiger partial charge in [-0.2, -0.15) is 0 Å². The van der Waals surface area contributed by atoms with E-state index in [2.05, 4.69) is 9.97 Å². The van der Waals surface area contributed by atoms with Crippen LogP contribution in [0.15, 0.2) is 29.2 Å². The molecule has 4 heteroatoms. The molecule has 2 aromatic heterocycles. The number of aryl methyl sites for hydroxylation is 1. The summed E-state index contributed by atoms with van der Waals surface area (Å²) in [6.45, 7) is 5.90. The third-order valence-corrected chi connectivity index (χ3v) is 2.90. The summed E-state index contributed by atoms with van der Waals surface area (Å²) in [7, 11) is 0. The molecule has 0 amide bonds. The van der Waals surface area contributed by atoms with E-state index in [4.69, 9.17) is 5.73 Å². The first-order valence-corrected chi connectivity index (χ1v) is 5.94. The maximum atomic E-state index is 12.0. The van der Waals surface area contributed by atoms with Crippen LogP contribution in [-0.2, 0) is 0 Å². The van der Waals surface area contributed by atoms with Crippen molar-refractivity contribution < 1.29 is 0 Å². The van der Waals surface area contributed by atoms with Gasteiger partial charge in [-0.25, -0.2) is 0 Å². The van der Waals surface area contributed by atoms with E-state index in [1.807, 2.05) is 32.9 Å². The van der Waals surface area contributed by atoms with Crippen molar-refractivity contribution in [3.05, 3.63) is 46.1 Å². The molecule has 0 fully saturated rings. The number of H-pyrrole nitrogens is 1. The molecule has 3 N–H and O–H groups in total. The quantitative estimate of drug-likeness (QED) is 0.851. The van der Waals surface area contributed by atoms with Gasteiger partial charge in [0.15, 0.2) is 0 Å². The summed E-state index contributed by atoms with van der Waals surface area (Å²) < 4.78 is 0.